The second-order valence-electron chi connectivity index (χ2n) is 6.52. The highest BCUT2D eigenvalue weighted by atomic mass is 19.4. The highest BCUT2D eigenvalue weighted by Gasteiger charge is 2.34. The molecule has 0 aliphatic heterocycles. The first-order valence-electron chi connectivity index (χ1n) is 8.53. The van der Waals surface area contributed by atoms with Crippen LogP contribution in [0.15, 0.2) is 54.7 Å². The van der Waals surface area contributed by atoms with Crippen molar-refractivity contribution in [3.05, 3.63) is 65.9 Å². The summed E-state index contributed by atoms with van der Waals surface area (Å²) < 4.78 is 78.5. The molecule has 0 radical (unpaired) electrons. The number of rotatable bonds is 2. The number of hydrogen-bond donors (Lipinski definition) is 2. The van der Waals surface area contributed by atoms with Crippen LogP contribution in [0, 0.1) is 0 Å². The van der Waals surface area contributed by atoms with Crippen molar-refractivity contribution in [1.29, 1.82) is 0 Å². The van der Waals surface area contributed by atoms with Gasteiger partial charge in [0.25, 0.3) is 0 Å². The monoisotopic (exact) mass is 422 g/mol. The minimum atomic E-state index is -4.56. The second-order valence-corrected chi connectivity index (χ2v) is 6.52. The smallest absolute Gasteiger partial charge is 0.397 e. The number of fused-ring (bicyclic) bond motifs is 1. The van der Waals surface area contributed by atoms with E-state index < -0.39 is 23.5 Å². The van der Waals surface area contributed by atoms with E-state index in [9.17, 15) is 26.3 Å². The zero-order valence-corrected chi connectivity index (χ0v) is 14.9. The molecule has 3 N–H and O–H groups in total. The summed E-state index contributed by atoms with van der Waals surface area (Å²) in [6, 6.07) is 9.72. The molecule has 0 saturated carbocycles. The Bertz CT molecular complexity index is 1220. The highest BCUT2D eigenvalue weighted by molar-refractivity contribution is 5.90. The fourth-order valence-corrected chi connectivity index (χ4v) is 3.09. The van der Waals surface area contributed by atoms with Gasteiger partial charge in [-0.05, 0) is 24.3 Å². The van der Waals surface area contributed by atoms with Crippen molar-refractivity contribution in [2.24, 2.45) is 0 Å². The number of H-pyrrole nitrogens is 1. The highest BCUT2D eigenvalue weighted by Crippen LogP contribution is 2.37. The SMILES string of the molecule is Nc1cc(C(F)(F)F)cc2[nH]c(-c3ccc(-c4ncccc4C(F)(F)F)cc3)nc12. The molecule has 2 aromatic heterocycles. The number of pyridine rings is 1. The third kappa shape index (κ3) is 3.56. The van der Waals surface area contributed by atoms with Gasteiger partial charge in [-0.2, -0.15) is 26.3 Å². The summed E-state index contributed by atoms with van der Waals surface area (Å²) in [7, 11) is 0. The van der Waals surface area contributed by atoms with Crippen molar-refractivity contribution in [3.63, 3.8) is 0 Å². The summed E-state index contributed by atoms with van der Waals surface area (Å²) in [5, 5.41) is 0. The molecule has 0 amide bonds. The Balaban J connectivity index is 1.74. The Morgan fingerprint density at radius 1 is 0.833 bits per heavy atom. The molecule has 4 nitrogen and oxygen atoms in total. The van der Waals surface area contributed by atoms with E-state index in [1.54, 1.807) is 0 Å². The minimum Gasteiger partial charge on any atom is -0.397 e. The molecule has 0 saturated heterocycles. The summed E-state index contributed by atoms with van der Waals surface area (Å²) in [6.07, 6.45) is -7.86. The first kappa shape index (κ1) is 19.7. The van der Waals surface area contributed by atoms with Gasteiger partial charge in [-0.1, -0.05) is 24.3 Å². The van der Waals surface area contributed by atoms with Gasteiger partial charge >= 0.3 is 12.4 Å². The summed E-state index contributed by atoms with van der Waals surface area (Å²) >= 11 is 0. The molecular weight excluding hydrogens is 410 g/mol. The van der Waals surface area contributed by atoms with E-state index in [0.717, 1.165) is 18.2 Å². The van der Waals surface area contributed by atoms with E-state index in [2.05, 4.69) is 15.0 Å². The van der Waals surface area contributed by atoms with Gasteiger partial charge in [0, 0.05) is 17.3 Å². The van der Waals surface area contributed by atoms with E-state index in [1.165, 1.54) is 36.5 Å². The van der Waals surface area contributed by atoms with Crippen LogP contribution in [0.1, 0.15) is 11.1 Å². The number of nitrogen functional groups attached to an aromatic ring is 1. The van der Waals surface area contributed by atoms with Crippen LogP contribution in [0.3, 0.4) is 0 Å². The van der Waals surface area contributed by atoms with E-state index in [4.69, 9.17) is 5.73 Å². The number of aromatic nitrogens is 3. The first-order chi connectivity index (χ1) is 14.0. The van der Waals surface area contributed by atoms with Crippen LogP contribution in [0.2, 0.25) is 0 Å². The molecule has 0 spiro atoms. The Kier molecular flexibility index (Phi) is 4.44. The number of imidazole rings is 1. The minimum absolute atomic E-state index is 0.102. The van der Waals surface area contributed by atoms with Crippen LogP contribution >= 0.6 is 0 Å². The van der Waals surface area contributed by atoms with E-state index in [0.29, 0.717) is 5.56 Å². The normalized spacial score (nSPS) is 12.5. The van der Waals surface area contributed by atoms with Gasteiger partial charge in [0.05, 0.1) is 28.0 Å². The number of nitrogens with one attached hydrogen (secondary N) is 1. The van der Waals surface area contributed by atoms with Gasteiger partial charge in [-0.3, -0.25) is 4.98 Å². The molecular formula is C20H12F6N4. The van der Waals surface area contributed by atoms with Crippen molar-refractivity contribution in [3.8, 4) is 22.6 Å². The average Bonchev–Trinajstić information content (AvgIpc) is 3.12. The molecule has 0 bridgehead atoms. The number of benzene rings is 2. The van der Waals surface area contributed by atoms with Gasteiger partial charge < -0.3 is 10.7 Å². The zero-order chi connectivity index (χ0) is 21.7. The molecule has 0 atom stereocenters. The molecule has 0 aliphatic carbocycles. The average molecular weight is 422 g/mol. The standard InChI is InChI=1S/C20H12F6N4/c21-19(22,23)12-8-14(27)17-15(9-12)29-18(30-17)11-5-3-10(4-6-11)16-13(20(24,25)26)2-1-7-28-16/h1-9H,27H2,(H,29,30). The summed E-state index contributed by atoms with van der Waals surface area (Å²) in [4.78, 5) is 10.8. The van der Waals surface area contributed by atoms with E-state index >= 15 is 0 Å². The van der Waals surface area contributed by atoms with Gasteiger partial charge in [-0.15, -0.1) is 0 Å². The van der Waals surface area contributed by atoms with Crippen LogP contribution in [0.5, 0.6) is 0 Å². The van der Waals surface area contributed by atoms with E-state index in [1.807, 2.05) is 0 Å². The molecule has 0 fully saturated rings. The number of halogens is 6. The fourth-order valence-electron chi connectivity index (χ4n) is 3.09. The van der Waals surface area contributed by atoms with Crippen molar-refractivity contribution < 1.29 is 26.3 Å². The second kappa shape index (κ2) is 6.75. The quantitative estimate of drug-likeness (QED) is 0.312. The van der Waals surface area contributed by atoms with Crippen molar-refractivity contribution in [2.45, 2.75) is 12.4 Å². The largest absolute Gasteiger partial charge is 0.418 e. The number of aromatic amines is 1. The van der Waals surface area contributed by atoms with Gasteiger partial charge in [0.15, 0.2) is 0 Å². The predicted molar refractivity (Wildman–Crippen MR) is 99.2 cm³/mol. The zero-order valence-electron chi connectivity index (χ0n) is 14.9. The van der Waals surface area contributed by atoms with Crippen LogP contribution in [0.4, 0.5) is 32.0 Å². The molecule has 4 rings (SSSR count). The van der Waals surface area contributed by atoms with Crippen LogP contribution < -0.4 is 5.73 Å². The molecule has 10 heteroatoms. The number of nitrogens with zero attached hydrogens (tertiary/aromatic N) is 2. The number of nitrogens with two attached hydrogens (primary N) is 1. The first-order valence-corrected chi connectivity index (χ1v) is 8.53. The summed E-state index contributed by atoms with van der Waals surface area (Å²) in [5.74, 6) is 0.236. The molecule has 30 heavy (non-hydrogen) atoms. The Labute approximate surface area is 165 Å². The lowest BCUT2D eigenvalue weighted by atomic mass is 10.0. The van der Waals surface area contributed by atoms with Gasteiger partial charge in [-0.25, -0.2) is 4.98 Å². The lowest BCUT2D eigenvalue weighted by Crippen LogP contribution is -2.08. The summed E-state index contributed by atoms with van der Waals surface area (Å²) in [5.41, 5.74) is 4.55. The Hall–Kier alpha value is -3.56. The fraction of sp³-hybridized carbons (Fsp3) is 0.100. The van der Waals surface area contributed by atoms with Crippen molar-refractivity contribution >= 4 is 16.7 Å². The molecule has 2 aromatic carbocycles. The van der Waals surface area contributed by atoms with Crippen molar-refractivity contribution in [2.75, 3.05) is 5.73 Å². The van der Waals surface area contributed by atoms with Crippen LogP contribution in [0.25, 0.3) is 33.7 Å². The van der Waals surface area contributed by atoms with Crippen LogP contribution in [-0.4, -0.2) is 15.0 Å². The maximum absolute atomic E-state index is 13.2. The Morgan fingerprint density at radius 3 is 2.13 bits per heavy atom. The van der Waals surface area contributed by atoms with E-state index in [-0.39, 0.29) is 33.8 Å². The van der Waals surface area contributed by atoms with Crippen molar-refractivity contribution in [1.82, 2.24) is 15.0 Å². The molecule has 0 aliphatic rings. The Morgan fingerprint density at radius 2 is 1.50 bits per heavy atom. The van der Waals surface area contributed by atoms with Gasteiger partial charge in [0.1, 0.15) is 11.3 Å². The maximum atomic E-state index is 13.2. The maximum Gasteiger partial charge on any atom is 0.418 e. The molecule has 2 heterocycles. The van der Waals surface area contributed by atoms with Gasteiger partial charge in [0.2, 0.25) is 0 Å². The number of hydrogen-bond acceptors (Lipinski definition) is 3. The lowest BCUT2D eigenvalue weighted by Gasteiger charge is -2.11. The topological polar surface area (TPSA) is 67.6 Å². The van der Waals surface area contributed by atoms with Crippen LogP contribution in [-0.2, 0) is 12.4 Å². The summed E-state index contributed by atoms with van der Waals surface area (Å²) in [6.45, 7) is 0. The third-order valence-corrected chi connectivity index (χ3v) is 4.49. The molecule has 154 valence electrons. The number of alkyl halides is 6. The lowest BCUT2D eigenvalue weighted by molar-refractivity contribution is -0.138. The third-order valence-electron chi connectivity index (χ3n) is 4.49. The number of anilines is 1. The molecule has 0 unspecified atom stereocenters. The predicted octanol–water partition coefficient (Wildman–Crippen LogP) is 5.91. The molecule has 4 aromatic rings.